The van der Waals surface area contributed by atoms with Gasteiger partial charge >= 0.3 is 7.12 Å². The summed E-state index contributed by atoms with van der Waals surface area (Å²) in [5.41, 5.74) is 1.63. The van der Waals surface area contributed by atoms with E-state index in [0.717, 1.165) is 17.7 Å². The van der Waals surface area contributed by atoms with Gasteiger partial charge in [-0.05, 0) is 28.9 Å². The lowest BCUT2D eigenvalue weighted by atomic mass is 9.77. The number of ether oxygens (including phenoxy) is 1. The summed E-state index contributed by atoms with van der Waals surface area (Å²) in [6, 6.07) is 5.22. The molecule has 0 saturated carbocycles. The fourth-order valence-corrected chi connectivity index (χ4v) is 1.67. The Bertz CT molecular complexity index is 356. The smallest absolute Gasteiger partial charge is 0.488 e. The summed E-state index contributed by atoms with van der Waals surface area (Å²) < 4.78 is 5.26. The molecule has 2 N–H and O–H groups in total. The number of hydrogen-bond donors (Lipinski definition) is 2. The Balaban J connectivity index is 3.07. The first-order valence-electron chi connectivity index (χ1n) is 5.36. The molecule has 0 spiro atoms. The second-order valence-corrected chi connectivity index (χ2v) is 5.18. The number of methoxy groups -OCH3 is 1. The van der Waals surface area contributed by atoms with E-state index in [0.29, 0.717) is 5.46 Å². The number of benzene rings is 1. The van der Waals surface area contributed by atoms with Crippen LogP contribution in [0.3, 0.4) is 0 Å². The van der Waals surface area contributed by atoms with Crippen molar-refractivity contribution in [2.75, 3.05) is 7.11 Å². The van der Waals surface area contributed by atoms with Crippen LogP contribution in [0.15, 0.2) is 18.2 Å². The molecule has 1 aromatic rings. The topological polar surface area (TPSA) is 49.7 Å². The van der Waals surface area contributed by atoms with Gasteiger partial charge in [0.25, 0.3) is 0 Å². The van der Waals surface area contributed by atoms with Gasteiger partial charge in [-0.2, -0.15) is 0 Å². The first-order chi connectivity index (χ1) is 7.33. The van der Waals surface area contributed by atoms with Crippen molar-refractivity contribution in [1.29, 1.82) is 0 Å². The van der Waals surface area contributed by atoms with Crippen LogP contribution in [0.2, 0.25) is 0 Å². The van der Waals surface area contributed by atoms with Crippen molar-refractivity contribution in [3.05, 3.63) is 23.8 Å². The van der Waals surface area contributed by atoms with Gasteiger partial charge in [0.2, 0.25) is 0 Å². The molecule has 16 heavy (non-hydrogen) atoms. The van der Waals surface area contributed by atoms with Crippen LogP contribution in [0.25, 0.3) is 0 Å². The largest absolute Gasteiger partial charge is 0.496 e. The molecule has 0 atom stereocenters. The Morgan fingerprint density at radius 3 is 2.31 bits per heavy atom. The Morgan fingerprint density at radius 2 is 1.88 bits per heavy atom. The van der Waals surface area contributed by atoms with Crippen LogP contribution < -0.4 is 10.2 Å². The molecule has 0 radical (unpaired) electrons. The highest BCUT2D eigenvalue weighted by Gasteiger charge is 2.18. The van der Waals surface area contributed by atoms with Crippen LogP contribution in [0.1, 0.15) is 26.3 Å². The summed E-state index contributed by atoms with van der Waals surface area (Å²) in [5.74, 6) is 0.791. The molecule has 0 bridgehead atoms. The maximum atomic E-state index is 9.12. The van der Waals surface area contributed by atoms with E-state index in [-0.39, 0.29) is 5.41 Å². The summed E-state index contributed by atoms with van der Waals surface area (Å²) in [5, 5.41) is 18.2. The predicted molar refractivity (Wildman–Crippen MR) is 66.0 cm³/mol. The van der Waals surface area contributed by atoms with Gasteiger partial charge in [0, 0.05) is 0 Å². The zero-order valence-electron chi connectivity index (χ0n) is 10.3. The van der Waals surface area contributed by atoms with Crippen LogP contribution in [-0.2, 0) is 6.42 Å². The van der Waals surface area contributed by atoms with Gasteiger partial charge in [-0.25, -0.2) is 0 Å². The Hall–Kier alpha value is -0.995. The normalized spacial score (nSPS) is 11.4. The molecule has 1 rings (SSSR count). The lowest BCUT2D eigenvalue weighted by Gasteiger charge is -2.20. The van der Waals surface area contributed by atoms with E-state index in [2.05, 4.69) is 20.8 Å². The molecule has 0 aliphatic heterocycles. The van der Waals surface area contributed by atoms with Gasteiger partial charge in [-0.15, -0.1) is 0 Å². The van der Waals surface area contributed by atoms with Crippen molar-refractivity contribution < 1.29 is 14.8 Å². The fourth-order valence-electron chi connectivity index (χ4n) is 1.67. The standard InChI is InChI=1S/C12H19BO3/c1-12(2,3)8-9-7-10(13(14)15)5-6-11(9)16-4/h5-7,14-15H,8H2,1-4H3. The zero-order chi connectivity index (χ0) is 12.3. The van der Waals surface area contributed by atoms with Gasteiger partial charge in [-0.3, -0.25) is 0 Å². The first kappa shape index (κ1) is 13.1. The van der Waals surface area contributed by atoms with E-state index in [1.807, 2.05) is 0 Å². The van der Waals surface area contributed by atoms with E-state index < -0.39 is 7.12 Å². The molecule has 0 saturated heterocycles. The minimum atomic E-state index is -1.43. The molecule has 0 fully saturated rings. The summed E-state index contributed by atoms with van der Waals surface area (Å²) in [6.07, 6.45) is 0.830. The quantitative estimate of drug-likeness (QED) is 0.749. The van der Waals surface area contributed by atoms with Gasteiger partial charge in [-0.1, -0.05) is 32.9 Å². The highest BCUT2D eigenvalue weighted by molar-refractivity contribution is 6.58. The molecule has 4 heteroatoms. The Kier molecular flexibility index (Phi) is 4.00. The highest BCUT2D eigenvalue weighted by atomic mass is 16.5. The van der Waals surface area contributed by atoms with Gasteiger partial charge < -0.3 is 14.8 Å². The third kappa shape index (κ3) is 3.54. The van der Waals surface area contributed by atoms with E-state index in [1.165, 1.54) is 0 Å². The van der Waals surface area contributed by atoms with Crippen LogP contribution in [0.4, 0.5) is 0 Å². The monoisotopic (exact) mass is 222 g/mol. The minimum absolute atomic E-state index is 0.131. The molecule has 0 aliphatic carbocycles. The second kappa shape index (κ2) is 4.89. The number of rotatable bonds is 3. The van der Waals surface area contributed by atoms with Crippen molar-refractivity contribution in [1.82, 2.24) is 0 Å². The van der Waals surface area contributed by atoms with E-state index in [1.54, 1.807) is 25.3 Å². The summed E-state index contributed by atoms with van der Waals surface area (Å²) in [6.45, 7) is 6.40. The Labute approximate surface area is 97.2 Å². The van der Waals surface area contributed by atoms with Crippen molar-refractivity contribution >= 4 is 12.6 Å². The molecule has 0 amide bonds. The van der Waals surface area contributed by atoms with Gasteiger partial charge in [0.1, 0.15) is 5.75 Å². The van der Waals surface area contributed by atoms with Crippen molar-refractivity contribution in [3.63, 3.8) is 0 Å². The first-order valence-corrected chi connectivity index (χ1v) is 5.36. The molecule has 0 aromatic heterocycles. The molecule has 0 heterocycles. The zero-order valence-corrected chi connectivity index (χ0v) is 10.3. The fraction of sp³-hybridized carbons (Fsp3) is 0.500. The number of hydrogen-bond acceptors (Lipinski definition) is 3. The Morgan fingerprint density at radius 1 is 1.25 bits per heavy atom. The molecular formula is C12H19BO3. The van der Waals surface area contributed by atoms with E-state index in [9.17, 15) is 0 Å². The molecule has 0 aliphatic rings. The maximum absolute atomic E-state index is 9.12. The molecule has 88 valence electrons. The highest BCUT2D eigenvalue weighted by Crippen LogP contribution is 2.26. The van der Waals surface area contributed by atoms with Crippen molar-refractivity contribution in [2.45, 2.75) is 27.2 Å². The lowest BCUT2D eigenvalue weighted by Crippen LogP contribution is -2.30. The molecule has 1 aromatic carbocycles. The molecule has 3 nitrogen and oxygen atoms in total. The SMILES string of the molecule is COc1ccc(B(O)O)cc1CC(C)(C)C. The minimum Gasteiger partial charge on any atom is -0.496 e. The van der Waals surface area contributed by atoms with Gasteiger partial charge in [0.15, 0.2) is 0 Å². The van der Waals surface area contributed by atoms with Crippen molar-refractivity contribution in [3.8, 4) is 5.75 Å². The third-order valence-electron chi connectivity index (χ3n) is 2.32. The lowest BCUT2D eigenvalue weighted by molar-refractivity contribution is 0.378. The average Bonchev–Trinajstić information content (AvgIpc) is 2.15. The van der Waals surface area contributed by atoms with E-state index in [4.69, 9.17) is 14.8 Å². The van der Waals surface area contributed by atoms with Crippen LogP contribution >= 0.6 is 0 Å². The summed E-state index contributed by atoms with van der Waals surface area (Å²) in [7, 11) is 0.195. The summed E-state index contributed by atoms with van der Waals surface area (Å²) in [4.78, 5) is 0. The van der Waals surface area contributed by atoms with Gasteiger partial charge in [0.05, 0.1) is 7.11 Å². The summed E-state index contributed by atoms with van der Waals surface area (Å²) >= 11 is 0. The maximum Gasteiger partial charge on any atom is 0.488 e. The van der Waals surface area contributed by atoms with Crippen LogP contribution in [0, 0.1) is 5.41 Å². The van der Waals surface area contributed by atoms with E-state index >= 15 is 0 Å². The second-order valence-electron chi connectivity index (χ2n) is 5.18. The molecular weight excluding hydrogens is 203 g/mol. The molecule has 0 unspecified atom stereocenters. The third-order valence-corrected chi connectivity index (χ3v) is 2.32. The van der Waals surface area contributed by atoms with Crippen LogP contribution in [-0.4, -0.2) is 24.3 Å². The van der Waals surface area contributed by atoms with Crippen LogP contribution in [0.5, 0.6) is 5.75 Å². The average molecular weight is 222 g/mol. The van der Waals surface area contributed by atoms with Crippen molar-refractivity contribution in [2.24, 2.45) is 5.41 Å². The predicted octanol–water partition coefficient (Wildman–Crippen LogP) is 0.964.